The van der Waals surface area contributed by atoms with E-state index in [1.54, 1.807) is 12.1 Å². The fourth-order valence-electron chi connectivity index (χ4n) is 3.36. The van der Waals surface area contributed by atoms with Gasteiger partial charge in [-0.2, -0.15) is 18.4 Å². The molecule has 0 aliphatic carbocycles. The van der Waals surface area contributed by atoms with Crippen LogP contribution >= 0.6 is 0 Å². The molecule has 1 aliphatic rings. The molecule has 0 bridgehead atoms. The van der Waals surface area contributed by atoms with E-state index in [2.05, 4.69) is 21.6 Å². The van der Waals surface area contributed by atoms with Crippen molar-refractivity contribution in [1.29, 1.82) is 5.26 Å². The zero-order chi connectivity index (χ0) is 22.3. The van der Waals surface area contributed by atoms with Gasteiger partial charge in [-0.15, -0.1) is 0 Å². The van der Waals surface area contributed by atoms with Gasteiger partial charge in [-0.05, 0) is 55.3 Å². The molecular formula is C22H23F3N4O2. The highest BCUT2D eigenvalue weighted by Crippen LogP contribution is 2.31. The second-order valence-corrected chi connectivity index (χ2v) is 7.19. The third-order valence-corrected chi connectivity index (χ3v) is 5.01. The molecule has 6 nitrogen and oxygen atoms in total. The molecule has 164 valence electrons. The number of alkyl halides is 3. The first kappa shape index (κ1) is 22.3. The summed E-state index contributed by atoms with van der Waals surface area (Å²) in [5.74, 6) is 0.104. The lowest BCUT2D eigenvalue weighted by Crippen LogP contribution is -2.48. The number of nitrogens with one attached hydrogen (secondary N) is 2. The molecule has 1 aliphatic heterocycles. The highest BCUT2D eigenvalue weighted by atomic mass is 19.4. The summed E-state index contributed by atoms with van der Waals surface area (Å²) in [7, 11) is 0. The molecule has 1 heterocycles. The van der Waals surface area contributed by atoms with Crippen LogP contribution in [-0.2, 0) is 6.18 Å². The van der Waals surface area contributed by atoms with Gasteiger partial charge in [0.05, 0.1) is 23.7 Å². The van der Waals surface area contributed by atoms with Gasteiger partial charge in [-0.1, -0.05) is 6.07 Å². The van der Waals surface area contributed by atoms with Crippen molar-refractivity contribution in [3.8, 4) is 11.8 Å². The van der Waals surface area contributed by atoms with E-state index in [0.717, 1.165) is 43.8 Å². The Morgan fingerprint density at radius 3 is 2.52 bits per heavy atom. The molecule has 9 heteroatoms. The maximum atomic E-state index is 12.7. The first-order valence-electron chi connectivity index (χ1n) is 9.94. The lowest BCUT2D eigenvalue weighted by atomic mass is 10.0. The summed E-state index contributed by atoms with van der Waals surface area (Å²) < 4.78 is 43.4. The van der Waals surface area contributed by atoms with E-state index in [1.807, 2.05) is 12.1 Å². The SMILES string of the molecule is N#Cc1ccc(N2CCC(NC(=O)NCCOc3cccc(C(F)(F)F)c3)CC2)cc1. The van der Waals surface area contributed by atoms with E-state index in [9.17, 15) is 18.0 Å². The molecule has 0 atom stereocenters. The fraction of sp³-hybridized carbons (Fsp3) is 0.364. The van der Waals surface area contributed by atoms with E-state index in [4.69, 9.17) is 10.00 Å². The number of benzene rings is 2. The number of carbonyl (C=O) groups is 1. The van der Waals surface area contributed by atoms with Crippen LogP contribution in [0.3, 0.4) is 0 Å². The van der Waals surface area contributed by atoms with E-state index in [0.29, 0.717) is 5.56 Å². The molecule has 1 fully saturated rings. The number of hydrogen-bond acceptors (Lipinski definition) is 4. The van der Waals surface area contributed by atoms with Gasteiger partial charge >= 0.3 is 12.2 Å². The third-order valence-electron chi connectivity index (χ3n) is 5.01. The normalized spacial score (nSPS) is 14.6. The second kappa shape index (κ2) is 10.1. The summed E-state index contributed by atoms with van der Waals surface area (Å²) in [5.41, 5.74) is 0.894. The Balaban J connectivity index is 1.35. The monoisotopic (exact) mass is 432 g/mol. The molecule has 0 aromatic heterocycles. The Labute approximate surface area is 178 Å². The van der Waals surface area contributed by atoms with Crippen LogP contribution in [0, 0.1) is 11.3 Å². The number of amides is 2. The highest BCUT2D eigenvalue weighted by molar-refractivity contribution is 5.74. The zero-order valence-electron chi connectivity index (χ0n) is 16.8. The molecule has 1 saturated heterocycles. The van der Waals surface area contributed by atoms with Crippen molar-refractivity contribution in [2.45, 2.75) is 25.1 Å². The predicted octanol–water partition coefficient (Wildman–Crippen LogP) is 3.92. The van der Waals surface area contributed by atoms with Crippen molar-refractivity contribution in [1.82, 2.24) is 10.6 Å². The van der Waals surface area contributed by atoms with Gasteiger partial charge < -0.3 is 20.3 Å². The fourth-order valence-corrected chi connectivity index (χ4v) is 3.36. The first-order valence-corrected chi connectivity index (χ1v) is 9.94. The van der Waals surface area contributed by atoms with Crippen molar-refractivity contribution >= 4 is 11.7 Å². The average Bonchev–Trinajstić information content (AvgIpc) is 2.77. The van der Waals surface area contributed by atoms with Crippen molar-refractivity contribution in [3.63, 3.8) is 0 Å². The lowest BCUT2D eigenvalue weighted by Gasteiger charge is -2.34. The third kappa shape index (κ3) is 6.54. The van der Waals surface area contributed by atoms with Crippen molar-refractivity contribution in [2.75, 3.05) is 31.1 Å². The summed E-state index contributed by atoms with van der Waals surface area (Å²) in [6, 6.07) is 13.9. The van der Waals surface area contributed by atoms with Crippen LogP contribution in [0.15, 0.2) is 48.5 Å². The molecule has 2 aromatic carbocycles. The molecule has 2 amide bonds. The highest BCUT2D eigenvalue weighted by Gasteiger charge is 2.30. The molecule has 31 heavy (non-hydrogen) atoms. The van der Waals surface area contributed by atoms with Crippen LogP contribution in [0.1, 0.15) is 24.0 Å². The number of rotatable bonds is 6. The Morgan fingerprint density at radius 1 is 1.16 bits per heavy atom. The van der Waals surface area contributed by atoms with Crippen molar-refractivity contribution < 1.29 is 22.7 Å². The van der Waals surface area contributed by atoms with Crippen LogP contribution in [0.2, 0.25) is 0 Å². The summed E-state index contributed by atoms with van der Waals surface area (Å²) >= 11 is 0. The number of ether oxygens (including phenoxy) is 1. The topological polar surface area (TPSA) is 77.4 Å². The van der Waals surface area contributed by atoms with E-state index in [-0.39, 0.29) is 31.0 Å². The standard InChI is InChI=1S/C22H23F3N4O2/c23-22(24,25)17-2-1-3-20(14-17)31-13-10-27-21(30)28-18-8-11-29(12-9-18)19-6-4-16(15-26)5-7-19/h1-7,14,18H,8-13H2,(H2,27,28,30). The van der Waals surface area contributed by atoms with Crippen LogP contribution in [-0.4, -0.2) is 38.3 Å². The molecule has 0 radical (unpaired) electrons. The van der Waals surface area contributed by atoms with Gasteiger partial charge in [0.1, 0.15) is 12.4 Å². The minimum absolute atomic E-state index is 0.0408. The Hall–Kier alpha value is -3.41. The summed E-state index contributed by atoms with van der Waals surface area (Å²) in [6.07, 6.45) is -2.85. The molecule has 0 unspecified atom stereocenters. The second-order valence-electron chi connectivity index (χ2n) is 7.19. The zero-order valence-corrected chi connectivity index (χ0v) is 16.8. The summed E-state index contributed by atoms with van der Waals surface area (Å²) in [5, 5.41) is 14.4. The van der Waals surface area contributed by atoms with E-state index >= 15 is 0 Å². The Bertz CT molecular complexity index is 918. The predicted molar refractivity (Wildman–Crippen MR) is 110 cm³/mol. The molecule has 2 aromatic rings. The van der Waals surface area contributed by atoms with Crippen LogP contribution in [0.5, 0.6) is 5.75 Å². The van der Waals surface area contributed by atoms with Crippen LogP contribution in [0.4, 0.5) is 23.7 Å². The number of urea groups is 1. The number of carbonyl (C=O) groups excluding carboxylic acids is 1. The number of nitrogens with zero attached hydrogens (tertiary/aromatic N) is 2. The van der Waals surface area contributed by atoms with Gasteiger partial charge in [0.2, 0.25) is 0 Å². The number of halogens is 3. The van der Waals surface area contributed by atoms with E-state index in [1.165, 1.54) is 12.1 Å². The minimum atomic E-state index is -4.42. The number of hydrogen-bond donors (Lipinski definition) is 2. The molecule has 3 rings (SSSR count). The maximum absolute atomic E-state index is 12.7. The summed E-state index contributed by atoms with van der Waals surface area (Å²) in [6.45, 7) is 1.81. The lowest BCUT2D eigenvalue weighted by molar-refractivity contribution is -0.137. The Morgan fingerprint density at radius 2 is 1.87 bits per heavy atom. The average molecular weight is 432 g/mol. The van der Waals surface area contributed by atoms with Gasteiger partial charge in [0.25, 0.3) is 0 Å². The number of piperidine rings is 1. The van der Waals surface area contributed by atoms with Crippen molar-refractivity contribution in [2.24, 2.45) is 0 Å². The van der Waals surface area contributed by atoms with Crippen LogP contribution in [0.25, 0.3) is 0 Å². The Kier molecular flexibility index (Phi) is 7.23. The molecular weight excluding hydrogens is 409 g/mol. The van der Waals surface area contributed by atoms with Gasteiger partial charge in [-0.25, -0.2) is 4.79 Å². The van der Waals surface area contributed by atoms with Gasteiger partial charge in [0, 0.05) is 24.8 Å². The van der Waals surface area contributed by atoms with E-state index < -0.39 is 11.7 Å². The quantitative estimate of drug-likeness (QED) is 0.679. The molecule has 0 spiro atoms. The van der Waals surface area contributed by atoms with Crippen molar-refractivity contribution in [3.05, 3.63) is 59.7 Å². The maximum Gasteiger partial charge on any atom is 0.416 e. The minimum Gasteiger partial charge on any atom is -0.492 e. The molecule has 2 N–H and O–H groups in total. The van der Waals surface area contributed by atoms with Gasteiger partial charge in [0.15, 0.2) is 0 Å². The number of nitriles is 1. The molecule has 0 saturated carbocycles. The smallest absolute Gasteiger partial charge is 0.416 e. The first-order chi connectivity index (χ1) is 14.8. The summed E-state index contributed by atoms with van der Waals surface area (Å²) in [4.78, 5) is 14.3. The van der Waals surface area contributed by atoms with Crippen LogP contribution < -0.4 is 20.3 Å². The largest absolute Gasteiger partial charge is 0.492 e. The number of anilines is 1. The van der Waals surface area contributed by atoms with Gasteiger partial charge in [-0.3, -0.25) is 0 Å².